The van der Waals surface area contributed by atoms with Crippen molar-refractivity contribution in [2.24, 2.45) is 0 Å². The highest BCUT2D eigenvalue weighted by molar-refractivity contribution is 7.09. The number of nitrogens with one attached hydrogen (secondary N) is 1. The lowest BCUT2D eigenvalue weighted by atomic mass is 10.2. The molecule has 0 radical (unpaired) electrons. The molecule has 4 nitrogen and oxygen atoms in total. The molecule has 2 N–H and O–H groups in total. The summed E-state index contributed by atoms with van der Waals surface area (Å²) in [6.45, 7) is 3.41. The summed E-state index contributed by atoms with van der Waals surface area (Å²) in [7, 11) is 0. The number of nitrogens with zero attached hydrogens (tertiary/aromatic N) is 1. The van der Waals surface area contributed by atoms with E-state index in [4.69, 9.17) is 4.74 Å². The SMILES string of the molecule is C[C@H](NCC(O)COCc1cccs1)c1ccccn1. The molecular formula is C15H20N2O2S. The molecule has 2 aromatic heterocycles. The summed E-state index contributed by atoms with van der Waals surface area (Å²) in [6.07, 6.45) is 1.26. The Kier molecular flexibility index (Phi) is 6.14. The van der Waals surface area contributed by atoms with Gasteiger partial charge in [0, 0.05) is 23.7 Å². The number of hydrogen-bond donors (Lipinski definition) is 2. The Labute approximate surface area is 123 Å². The lowest BCUT2D eigenvalue weighted by Gasteiger charge is -2.16. The third-order valence-electron chi connectivity index (χ3n) is 2.93. The molecule has 0 aliphatic heterocycles. The molecule has 20 heavy (non-hydrogen) atoms. The van der Waals surface area contributed by atoms with Crippen LogP contribution in [0.1, 0.15) is 23.5 Å². The molecule has 0 saturated heterocycles. The highest BCUT2D eigenvalue weighted by Crippen LogP contribution is 2.10. The van der Waals surface area contributed by atoms with Crippen molar-refractivity contribution in [2.75, 3.05) is 13.2 Å². The second kappa shape index (κ2) is 8.11. The van der Waals surface area contributed by atoms with Crippen LogP contribution in [0.3, 0.4) is 0 Å². The molecule has 2 atom stereocenters. The van der Waals surface area contributed by atoms with Crippen molar-refractivity contribution >= 4 is 11.3 Å². The van der Waals surface area contributed by atoms with Gasteiger partial charge in [0.15, 0.2) is 0 Å². The summed E-state index contributed by atoms with van der Waals surface area (Å²) in [5.41, 5.74) is 0.971. The van der Waals surface area contributed by atoms with Crippen LogP contribution >= 0.6 is 11.3 Å². The van der Waals surface area contributed by atoms with Crippen LogP contribution in [0.5, 0.6) is 0 Å². The van der Waals surface area contributed by atoms with Gasteiger partial charge in [0.05, 0.1) is 25.0 Å². The zero-order valence-corrected chi connectivity index (χ0v) is 12.3. The van der Waals surface area contributed by atoms with Gasteiger partial charge in [-0.15, -0.1) is 11.3 Å². The van der Waals surface area contributed by atoms with Crippen molar-refractivity contribution in [2.45, 2.75) is 25.7 Å². The van der Waals surface area contributed by atoms with Crippen molar-refractivity contribution in [3.05, 3.63) is 52.5 Å². The van der Waals surface area contributed by atoms with Gasteiger partial charge in [0.1, 0.15) is 0 Å². The minimum atomic E-state index is -0.513. The van der Waals surface area contributed by atoms with Gasteiger partial charge in [-0.1, -0.05) is 12.1 Å². The molecule has 1 unspecified atom stereocenters. The van der Waals surface area contributed by atoms with Crippen LogP contribution in [0.2, 0.25) is 0 Å². The number of aliphatic hydroxyl groups is 1. The fourth-order valence-electron chi connectivity index (χ4n) is 1.80. The van der Waals surface area contributed by atoms with Crippen LogP contribution in [0.25, 0.3) is 0 Å². The second-order valence-electron chi connectivity index (χ2n) is 4.63. The Morgan fingerprint density at radius 1 is 1.35 bits per heavy atom. The summed E-state index contributed by atoms with van der Waals surface area (Å²) in [4.78, 5) is 5.45. The van der Waals surface area contributed by atoms with Gasteiger partial charge in [0.25, 0.3) is 0 Å². The zero-order valence-electron chi connectivity index (χ0n) is 11.5. The largest absolute Gasteiger partial charge is 0.389 e. The molecule has 2 heterocycles. The van der Waals surface area contributed by atoms with Crippen molar-refractivity contribution in [3.8, 4) is 0 Å². The first-order chi connectivity index (χ1) is 9.75. The molecule has 0 aliphatic rings. The van der Waals surface area contributed by atoms with Crippen LogP contribution in [0.4, 0.5) is 0 Å². The molecule has 0 amide bonds. The van der Waals surface area contributed by atoms with E-state index >= 15 is 0 Å². The maximum absolute atomic E-state index is 9.87. The molecule has 0 fully saturated rings. The summed E-state index contributed by atoms with van der Waals surface area (Å²) in [5, 5.41) is 15.1. The van der Waals surface area contributed by atoms with Gasteiger partial charge in [-0.25, -0.2) is 0 Å². The Hall–Kier alpha value is -1.27. The molecule has 0 spiro atoms. The van der Waals surface area contributed by atoms with E-state index in [0.717, 1.165) is 5.69 Å². The summed E-state index contributed by atoms with van der Waals surface area (Å²) < 4.78 is 5.48. The fraction of sp³-hybridized carbons (Fsp3) is 0.400. The molecule has 2 aromatic rings. The number of hydrogen-bond acceptors (Lipinski definition) is 5. The number of aromatic nitrogens is 1. The summed E-state index contributed by atoms with van der Waals surface area (Å²) >= 11 is 1.66. The quantitative estimate of drug-likeness (QED) is 0.784. The van der Waals surface area contributed by atoms with Gasteiger partial charge in [-0.3, -0.25) is 4.98 Å². The number of pyridine rings is 1. The number of thiophene rings is 1. The number of ether oxygens (including phenoxy) is 1. The van der Waals surface area contributed by atoms with Crippen LogP contribution < -0.4 is 5.32 Å². The van der Waals surface area contributed by atoms with Crippen molar-refractivity contribution < 1.29 is 9.84 Å². The van der Waals surface area contributed by atoms with E-state index in [-0.39, 0.29) is 6.04 Å². The Morgan fingerprint density at radius 3 is 2.95 bits per heavy atom. The first kappa shape index (κ1) is 15.1. The fourth-order valence-corrected chi connectivity index (χ4v) is 2.44. The van der Waals surface area contributed by atoms with Crippen molar-refractivity contribution in [1.82, 2.24) is 10.3 Å². The normalized spacial score (nSPS) is 14.1. The van der Waals surface area contributed by atoms with E-state index in [1.165, 1.54) is 4.88 Å². The molecule has 108 valence electrons. The topological polar surface area (TPSA) is 54.4 Å². The van der Waals surface area contributed by atoms with Gasteiger partial charge < -0.3 is 15.2 Å². The van der Waals surface area contributed by atoms with Gasteiger partial charge in [-0.05, 0) is 30.5 Å². The van der Waals surface area contributed by atoms with E-state index in [1.54, 1.807) is 17.5 Å². The first-order valence-electron chi connectivity index (χ1n) is 6.68. The lowest BCUT2D eigenvalue weighted by Crippen LogP contribution is -2.32. The molecule has 0 aliphatic carbocycles. The predicted molar refractivity (Wildman–Crippen MR) is 80.6 cm³/mol. The van der Waals surface area contributed by atoms with E-state index in [1.807, 2.05) is 42.6 Å². The van der Waals surface area contributed by atoms with Crippen LogP contribution in [-0.2, 0) is 11.3 Å². The van der Waals surface area contributed by atoms with Crippen molar-refractivity contribution in [1.29, 1.82) is 0 Å². The highest BCUT2D eigenvalue weighted by Gasteiger charge is 2.09. The average molecular weight is 292 g/mol. The Morgan fingerprint density at radius 2 is 2.25 bits per heavy atom. The molecule has 2 rings (SSSR count). The molecule has 0 saturated carbocycles. The molecular weight excluding hydrogens is 272 g/mol. The third kappa shape index (κ3) is 5.02. The third-order valence-corrected chi connectivity index (χ3v) is 3.78. The average Bonchev–Trinajstić information content (AvgIpc) is 2.99. The summed E-state index contributed by atoms with van der Waals surface area (Å²) in [5.74, 6) is 0. The monoisotopic (exact) mass is 292 g/mol. The number of aliphatic hydroxyl groups excluding tert-OH is 1. The minimum absolute atomic E-state index is 0.114. The van der Waals surface area contributed by atoms with Crippen molar-refractivity contribution in [3.63, 3.8) is 0 Å². The maximum Gasteiger partial charge on any atom is 0.0898 e. The van der Waals surface area contributed by atoms with Crippen LogP contribution in [0, 0.1) is 0 Å². The van der Waals surface area contributed by atoms with E-state index in [0.29, 0.717) is 19.8 Å². The Balaban J connectivity index is 1.63. The molecule has 0 bridgehead atoms. The number of rotatable bonds is 8. The Bertz CT molecular complexity index is 476. The first-order valence-corrected chi connectivity index (χ1v) is 7.56. The molecule has 5 heteroatoms. The standard InChI is InChI=1S/C15H20N2O2S/c1-12(15-6-2-3-7-16-15)17-9-13(18)10-19-11-14-5-4-8-20-14/h2-8,12-13,17-18H,9-11H2,1H3/t12-,13?/m0/s1. The van der Waals surface area contributed by atoms with Crippen LogP contribution in [0.15, 0.2) is 41.9 Å². The lowest BCUT2D eigenvalue weighted by molar-refractivity contribution is 0.0287. The predicted octanol–water partition coefficient (Wildman–Crippen LogP) is 2.37. The summed E-state index contributed by atoms with van der Waals surface area (Å²) in [6, 6.07) is 9.96. The van der Waals surface area contributed by atoms with Gasteiger partial charge >= 0.3 is 0 Å². The van der Waals surface area contributed by atoms with E-state index < -0.39 is 6.10 Å². The van der Waals surface area contributed by atoms with Gasteiger partial charge in [-0.2, -0.15) is 0 Å². The maximum atomic E-state index is 9.87. The van der Waals surface area contributed by atoms with Crippen LogP contribution in [-0.4, -0.2) is 29.3 Å². The molecule has 0 aromatic carbocycles. The van der Waals surface area contributed by atoms with E-state index in [9.17, 15) is 5.11 Å². The van der Waals surface area contributed by atoms with Gasteiger partial charge in [0.2, 0.25) is 0 Å². The second-order valence-corrected chi connectivity index (χ2v) is 5.67. The zero-order chi connectivity index (χ0) is 14.2. The van der Waals surface area contributed by atoms with E-state index in [2.05, 4.69) is 10.3 Å². The smallest absolute Gasteiger partial charge is 0.0898 e. The highest BCUT2D eigenvalue weighted by atomic mass is 32.1. The minimum Gasteiger partial charge on any atom is -0.389 e.